The number of sulfone groups is 1. The van der Waals surface area contributed by atoms with E-state index in [0.717, 1.165) is 0 Å². The van der Waals surface area contributed by atoms with Crippen LogP contribution < -0.4 is 10.1 Å². The number of benzene rings is 2. The van der Waals surface area contributed by atoms with Gasteiger partial charge in [-0.15, -0.1) is 0 Å². The first-order chi connectivity index (χ1) is 14.2. The van der Waals surface area contributed by atoms with Gasteiger partial charge in [0, 0.05) is 6.20 Å². The van der Waals surface area contributed by atoms with E-state index in [4.69, 9.17) is 27.9 Å². The van der Waals surface area contributed by atoms with Crippen LogP contribution in [0.2, 0.25) is 10.0 Å². The van der Waals surface area contributed by atoms with Crippen LogP contribution in [0.3, 0.4) is 0 Å². The van der Waals surface area contributed by atoms with Crippen molar-refractivity contribution in [2.24, 2.45) is 0 Å². The molecule has 0 spiro atoms. The van der Waals surface area contributed by atoms with Crippen LogP contribution in [0.1, 0.15) is 17.4 Å². The fourth-order valence-electron chi connectivity index (χ4n) is 2.47. The van der Waals surface area contributed by atoms with Gasteiger partial charge in [0.1, 0.15) is 5.75 Å². The van der Waals surface area contributed by atoms with Gasteiger partial charge in [-0.05, 0) is 36.4 Å². The highest BCUT2D eigenvalue weighted by atomic mass is 35.5. The Morgan fingerprint density at radius 3 is 2.57 bits per heavy atom. The number of phenols is 1. The SMILES string of the molecule is CCS(=O)(=O)c1ccc(O)c(NC(=O)c2ccn(COc3c(Cl)cccc3Cl)n2)c1. The van der Waals surface area contributed by atoms with Crippen molar-refractivity contribution in [3.05, 3.63) is 64.4 Å². The summed E-state index contributed by atoms with van der Waals surface area (Å²) in [6.45, 7) is 1.46. The summed E-state index contributed by atoms with van der Waals surface area (Å²) in [5, 5.41) is 17.2. The third-order valence-electron chi connectivity index (χ3n) is 4.09. The Labute approximate surface area is 182 Å². The maximum atomic E-state index is 12.5. The summed E-state index contributed by atoms with van der Waals surface area (Å²) in [6, 6.07) is 10.1. The number of carbonyl (C=O) groups is 1. The maximum Gasteiger partial charge on any atom is 0.276 e. The van der Waals surface area contributed by atoms with Crippen LogP contribution in [0.4, 0.5) is 5.69 Å². The second-order valence-corrected chi connectivity index (χ2v) is 9.19. The molecule has 8 nitrogen and oxygen atoms in total. The van der Waals surface area contributed by atoms with Gasteiger partial charge < -0.3 is 15.2 Å². The lowest BCUT2D eigenvalue weighted by molar-refractivity contribution is 0.101. The topological polar surface area (TPSA) is 111 Å². The van der Waals surface area contributed by atoms with Gasteiger partial charge in [-0.3, -0.25) is 4.79 Å². The molecule has 0 atom stereocenters. The minimum atomic E-state index is -3.49. The summed E-state index contributed by atoms with van der Waals surface area (Å²) in [5.74, 6) is -0.716. The number of anilines is 1. The average Bonchev–Trinajstić information content (AvgIpc) is 3.18. The Morgan fingerprint density at radius 2 is 1.90 bits per heavy atom. The number of amides is 1. The van der Waals surface area contributed by atoms with Crippen molar-refractivity contribution < 1.29 is 23.1 Å². The lowest BCUT2D eigenvalue weighted by Crippen LogP contribution is -2.15. The van der Waals surface area contributed by atoms with Crippen molar-refractivity contribution in [2.75, 3.05) is 11.1 Å². The van der Waals surface area contributed by atoms with E-state index in [1.807, 2.05) is 0 Å². The Hall–Kier alpha value is -2.75. The molecular formula is C19H17Cl2N3O5S. The first-order valence-electron chi connectivity index (χ1n) is 8.68. The second-order valence-electron chi connectivity index (χ2n) is 6.10. The Balaban J connectivity index is 1.72. The molecule has 1 aromatic heterocycles. The standard InChI is InChI=1S/C19H17Cl2N3O5S/c1-2-30(27,28)12-6-7-17(25)16(10-12)22-19(26)15-8-9-24(23-15)11-29-18-13(20)4-3-5-14(18)21/h3-10,25H,2,11H2,1H3,(H,22,26). The Morgan fingerprint density at radius 1 is 1.20 bits per heavy atom. The Bertz CT molecular complexity index is 1170. The van der Waals surface area contributed by atoms with E-state index in [9.17, 15) is 18.3 Å². The number of ether oxygens (including phenoxy) is 1. The normalized spacial score (nSPS) is 11.3. The van der Waals surface area contributed by atoms with Crippen LogP contribution in [-0.4, -0.2) is 35.0 Å². The number of hydrogen-bond acceptors (Lipinski definition) is 6. The number of phenolic OH excluding ortho intramolecular Hbond substituents is 1. The van der Waals surface area contributed by atoms with E-state index in [0.29, 0.717) is 15.8 Å². The van der Waals surface area contributed by atoms with Crippen LogP contribution in [0.25, 0.3) is 0 Å². The quantitative estimate of drug-likeness (QED) is 0.506. The molecule has 0 saturated heterocycles. The van der Waals surface area contributed by atoms with Gasteiger partial charge in [0.25, 0.3) is 5.91 Å². The van der Waals surface area contributed by atoms with E-state index < -0.39 is 15.7 Å². The van der Waals surface area contributed by atoms with Gasteiger partial charge in [-0.25, -0.2) is 13.1 Å². The molecule has 0 radical (unpaired) electrons. The molecule has 1 heterocycles. The number of aromatic nitrogens is 2. The molecule has 0 aliphatic rings. The minimum absolute atomic E-state index is 0.00588. The Kier molecular flexibility index (Phi) is 6.55. The van der Waals surface area contributed by atoms with E-state index >= 15 is 0 Å². The van der Waals surface area contributed by atoms with Crippen molar-refractivity contribution in [2.45, 2.75) is 18.6 Å². The molecule has 0 fully saturated rings. The zero-order valence-corrected chi connectivity index (χ0v) is 18.0. The third-order valence-corrected chi connectivity index (χ3v) is 6.42. The molecule has 1 amide bonds. The number of nitrogens with zero attached hydrogens (tertiary/aromatic N) is 2. The third kappa shape index (κ3) is 4.86. The molecule has 158 valence electrons. The summed E-state index contributed by atoms with van der Waals surface area (Å²) < 4.78 is 30.9. The molecule has 11 heteroatoms. The molecular weight excluding hydrogens is 453 g/mol. The zero-order valence-electron chi connectivity index (χ0n) is 15.7. The van der Waals surface area contributed by atoms with Gasteiger partial charge in [0.2, 0.25) is 0 Å². The summed E-state index contributed by atoms with van der Waals surface area (Å²) in [5.41, 5.74) is -0.00446. The maximum absolute atomic E-state index is 12.5. The van der Waals surface area contributed by atoms with Gasteiger partial charge in [0.05, 0.1) is 26.4 Å². The van der Waals surface area contributed by atoms with Crippen molar-refractivity contribution in [3.63, 3.8) is 0 Å². The van der Waals surface area contributed by atoms with Crippen LogP contribution in [0, 0.1) is 0 Å². The lowest BCUT2D eigenvalue weighted by atomic mass is 10.3. The number of aromatic hydroxyl groups is 1. The number of rotatable bonds is 7. The monoisotopic (exact) mass is 469 g/mol. The molecule has 0 bridgehead atoms. The van der Waals surface area contributed by atoms with Gasteiger partial charge in [-0.2, -0.15) is 5.10 Å². The average molecular weight is 470 g/mol. The number of nitrogens with one attached hydrogen (secondary N) is 1. The summed E-state index contributed by atoms with van der Waals surface area (Å²) in [6.07, 6.45) is 1.51. The molecule has 0 aliphatic carbocycles. The van der Waals surface area contributed by atoms with Crippen molar-refractivity contribution in [1.29, 1.82) is 0 Å². The predicted octanol–water partition coefficient (Wildman–Crippen LogP) is 3.98. The van der Waals surface area contributed by atoms with E-state index in [1.165, 1.54) is 42.1 Å². The van der Waals surface area contributed by atoms with Crippen molar-refractivity contribution in [3.8, 4) is 11.5 Å². The van der Waals surface area contributed by atoms with Crippen molar-refractivity contribution in [1.82, 2.24) is 9.78 Å². The van der Waals surface area contributed by atoms with E-state index in [-0.39, 0.29) is 34.5 Å². The van der Waals surface area contributed by atoms with Crippen LogP contribution in [0.15, 0.2) is 53.6 Å². The largest absolute Gasteiger partial charge is 0.506 e. The van der Waals surface area contributed by atoms with Gasteiger partial charge in [-0.1, -0.05) is 36.2 Å². The van der Waals surface area contributed by atoms with E-state index in [2.05, 4.69) is 10.4 Å². The highest BCUT2D eigenvalue weighted by Crippen LogP contribution is 2.32. The summed E-state index contributed by atoms with van der Waals surface area (Å²) >= 11 is 12.1. The van der Waals surface area contributed by atoms with Crippen LogP contribution >= 0.6 is 23.2 Å². The van der Waals surface area contributed by atoms with Crippen LogP contribution in [-0.2, 0) is 16.6 Å². The number of para-hydroxylation sites is 1. The van der Waals surface area contributed by atoms with Gasteiger partial charge >= 0.3 is 0 Å². The van der Waals surface area contributed by atoms with Crippen molar-refractivity contribution >= 4 is 44.6 Å². The fourth-order valence-corrected chi connectivity index (χ4v) is 3.88. The van der Waals surface area contributed by atoms with Gasteiger partial charge in [0.15, 0.2) is 28.0 Å². The lowest BCUT2D eigenvalue weighted by Gasteiger charge is -2.10. The number of hydrogen-bond donors (Lipinski definition) is 2. The fraction of sp³-hybridized carbons (Fsp3) is 0.158. The molecule has 0 aliphatic heterocycles. The molecule has 3 aromatic rings. The molecule has 0 unspecified atom stereocenters. The summed E-state index contributed by atoms with van der Waals surface area (Å²) in [7, 11) is -3.49. The number of carbonyl (C=O) groups excluding carboxylic acids is 1. The molecule has 0 saturated carbocycles. The van der Waals surface area contributed by atoms with E-state index in [1.54, 1.807) is 18.2 Å². The molecule has 2 aromatic carbocycles. The zero-order chi connectivity index (χ0) is 21.9. The molecule has 3 rings (SSSR count). The summed E-state index contributed by atoms with van der Waals surface area (Å²) in [4.78, 5) is 12.5. The number of halogens is 2. The minimum Gasteiger partial charge on any atom is -0.506 e. The predicted molar refractivity (Wildman–Crippen MR) is 113 cm³/mol. The highest BCUT2D eigenvalue weighted by molar-refractivity contribution is 7.91. The molecule has 30 heavy (non-hydrogen) atoms. The van der Waals surface area contributed by atoms with Crippen LogP contribution in [0.5, 0.6) is 11.5 Å². The molecule has 2 N–H and O–H groups in total. The smallest absolute Gasteiger partial charge is 0.276 e. The second kappa shape index (κ2) is 8.95. The first-order valence-corrected chi connectivity index (χ1v) is 11.1. The first kappa shape index (κ1) is 21.9. The highest BCUT2D eigenvalue weighted by Gasteiger charge is 2.17.